The van der Waals surface area contributed by atoms with Crippen molar-refractivity contribution < 1.29 is 23.8 Å². The number of fused-ring (bicyclic) bond motifs is 1. The maximum atomic E-state index is 13.3. The third kappa shape index (κ3) is 4.02. The number of nitrogens with one attached hydrogen (secondary N) is 1. The molecular weight excluding hydrogens is 416 g/mol. The Morgan fingerprint density at radius 2 is 1.97 bits per heavy atom. The topological polar surface area (TPSA) is 77.1 Å². The number of carbonyl (C=O) groups excluding carboxylic acids is 2. The highest BCUT2D eigenvalue weighted by atomic mass is 32.1. The van der Waals surface area contributed by atoms with Gasteiger partial charge in [0.15, 0.2) is 11.5 Å². The summed E-state index contributed by atoms with van der Waals surface area (Å²) in [6.45, 7) is 0.809. The zero-order valence-corrected chi connectivity index (χ0v) is 18.1. The average Bonchev–Trinajstić information content (AvgIpc) is 3.52. The van der Waals surface area contributed by atoms with Crippen molar-refractivity contribution in [1.29, 1.82) is 0 Å². The second-order valence-corrected chi connectivity index (χ2v) is 9.29. The van der Waals surface area contributed by atoms with Gasteiger partial charge in [0, 0.05) is 11.4 Å². The molecule has 7 nitrogen and oxygen atoms in total. The molecule has 8 heteroatoms. The normalized spacial score (nSPS) is 21.4. The molecule has 1 aromatic heterocycles. The van der Waals surface area contributed by atoms with Crippen LogP contribution in [0.25, 0.3) is 0 Å². The molecule has 31 heavy (non-hydrogen) atoms. The molecule has 0 bridgehead atoms. The molecule has 1 N–H and O–H groups in total. The molecule has 5 rings (SSSR count). The van der Waals surface area contributed by atoms with E-state index < -0.39 is 11.8 Å². The van der Waals surface area contributed by atoms with E-state index in [-0.39, 0.29) is 25.2 Å². The van der Waals surface area contributed by atoms with E-state index in [1.165, 1.54) is 0 Å². The minimum Gasteiger partial charge on any atom is -0.454 e. The molecule has 3 aliphatic rings. The van der Waals surface area contributed by atoms with Gasteiger partial charge in [-0.1, -0.05) is 18.6 Å². The van der Waals surface area contributed by atoms with Crippen molar-refractivity contribution >= 4 is 23.2 Å². The Bertz CT molecular complexity index is 955. The summed E-state index contributed by atoms with van der Waals surface area (Å²) < 4.78 is 16.9. The minimum absolute atomic E-state index is 0.0370. The fourth-order valence-corrected chi connectivity index (χ4v) is 5.45. The Morgan fingerprint density at radius 1 is 1.13 bits per heavy atom. The van der Waals surface area contributed by atoms with E-state index in [2.05, 4.69) is 5.32 Å². The van der Waals surface area contributed by atoms with Gasteiger partial charge in [-0.15, -0.1) is 11.3 Å². The van der Waals surface area contributed by atoms with Crippen LogP contribution in [0.1, 0.15) is 42.5 Å². The zero-order valence-electron chi connectivity index (χ0n) is 17.3. The fourth-order valence-electron chi connectivity index (χ4n) is 4.75. The summed E-state index contributed by atoms with van der Waals surface area (Å²) in [5, 5.41) is 4.96. The average molecular weight is 443 g/mol. The Kier molecular flexibility index (Phi) is 5.58. The number of hydrogen-bond acceptors (Lipinski definition) is 6. The summed E-state index contributed by atoms with van der Waals surface area (Å²) in [6, 6.07) is 8.91. The van der Waals surface area contributed by atoms with Crippen molar-refractivity contribution in [3.8, 4) is 11.5 Å². The Morgan fingerprint density at radius 3 is 2.77 bits per heavy atom. The van der Waals surface area contributed by atoms with Crippen LogP contribution in [0.15, 0.2) is 35.7 Å². The molecule has 2 aromatic rings. The third-order valence-corrected chi connectivity index (χ3v) is 7.15. The molecule has 3 heterocycles. The summed E-state index contributed by atoms with van der Waals surface area (Å²) in [6.07, 6.45) is 5.03. The number of carbonyl (C=O) groups is 2. The predicted molar refractivity (Wildman–Crippen MR) is 115 cm³/mol. The number of nitrogens with zero attached hydrogens (tertiary/aromatic N) is 1. The minimum atomic E-state index is -0.645. The highest BCUT2D eigenvalue weighted by Crippen LogP contribution is 2.41. The van der Waals surface area contributed by atoms with E-state index in [0.29, 0.717) is 24.5 Å². The predicted octanol–water partition coefficient (Wildman–Crippen LogP) is 3.22. The second-order valence-electron chi connectivity index (χ2n) is 8.26. The van der Waals surface area contributed by atoms with Gasteiger partial charge in [-0.3, -0.25) is 14.5 Å². The van der Waals surface area contributed by atoms with Crippen LogP contribution in [0.4, 0.5) is 0 Å². The molecule has 0 radical (unpaired) electrons. The molecule has 1 atom stereocenters. The van der Waals surface area contributed by atoms with Crippen molar-refractivity contribution in [2.24, 2.45) is 0 Å². The lowest BCUT2D eigenvalue weighted by Gasteiger charge is -2.41. The highest BCUT2D eigenvalue weighted by Gasteiger charge is 2.52. The van der Waals surface area contributed by atoms with Gasteiger partial charge in [-0.05, 0) is 54.8 Å². The van der Waals surface area contributed by atoms with E-state index in [1.54, 1.807) is 16.2 Å². The number of rotatable bonds is 5. The molecule has 1 saturated carbocycles. The molecule has 1 saturated heterocycles. The molecule has 2 amide bonds. The van der Waals surface area contributed by atoms with Gasteiger partial charge in [-0.2, -0.15) is 0 Å². The standard InChI is InChI=1S/C23H26N2O5S/c26-21(12-17-5-4-10-31-17)25-18(14-30-23(25)8-2-1-3-9-23)22(27)24-13-16-6-7-19-20(11-16)29-15-28-19/h4-7,10-11,18H,1-3,8-9,12-15H2,(H,24,27). The number of amides is 2. The summed E-state index contributed by atoms with van der Waals surface area (Å²) in [7, 11) is 0. The van der Waals surface area contributed by atoms with Gasteiger partial charge < -0.3 is 19.5 Å². The van der Waals surface area contributed by atoms with Gasteiger partial charge in [-0.25, -0.2) is 0 Å². The van der Waals surface area contributed by atoms with Gasteiger partial charge in [0.05, 0.1) is 13.0 Å². The zero-order chi connectivity index (χ0) is 21.3. The first-order valence-electron chi connectivity index (χ1n) is 10.8. The maximum absolute atomic E-state index is 13.3. The van der Waals surface area contributed by atoms with Crippen LogP contribution >= 0.6 is 11.3 Å². The van der Waals surface area contributed by atoms with Gasteiger partial charge in [0.2, 0.25) is 18.6 Å². The van der Waals surface area contributed by atoms with E-state index in [9.17, 15) is 9.59 Å². The number of ether oxygens (including phenoxy) is 3. The lowest BCUT2D eigenvalue weighted by molar-refractivity contribution is -0.159. The van der Waals surface area contributed by atoms with Crippen LogP contribution in [-0.2, 0) is 27.3 Å². The number of thiophene rings is 1. The van der Waals surface area contributed by atoms with Crippen molar-refractivity contribution in [1.82, 2.24) is 10.2 Å². The highest BCUT2D eigenvalue weighted by molar-refractivity contribution is 7.10. The number of hydrogen-bond donors (Lipinski definition) is 1. The van der Waals surface area contributed by atoms with Crippen LogP contribution < -0.4 is 14.8 Å². The molecule has 1 aromatic carbocycles. The van der Waals surface area contributed by atoms with Gasteiger partial charge in [0.1, 0.15) is 11.8 Å². The third-order valence-electron chi connectivity index (χ3n) is 6.28. The molecule has 1 aliphatic carbocycles. The van der Waals surface area contributed by atoms with Gasteiger partial charge in [0.25, 0.3) is 0 Å². The van der Waals surface area contributed by atoms with Crippen LogP contribution in [-0.4, -0.2) is 41.9 Å². The van der Waals surface area contributed by atoms with Crippen molar-refractivity contribution in [2.75, 3.05) is 13.4 Å². The Labute approximate surface area is 185 Å². The summed E-state index contributed by atoms with van der Waals surface area (Å²) >= 11 is 1.56. The lowest BCUT2D eigenvalue weighted by atomic mass is 9.90. The molecular formula is C23H26N2O5S. The van der Waals surface area contributed by atoms with E-state index in [0.717, 1.165) is 42.5 Å². The first kappa shape index (κ1) is 20.3. The molecule has 2 aliphatic heterocycles. The first-order valence-corrected chi connectivity index (χ1v) is 11.7. The van der Waals surface area contributed by atoms with E-state index in [4.69, 9.17) is 14.2 Å². The van der Waals surface area contributed by atoms with Crippen LogP contribution in [0.5, 0.6) is 11.5 Å². The monoisotopic (exact) mass is 442 g/mol. The maximum Gasteiger partial charge on any atom is 0.245 e. The summed E-state index contributed by atoms with van der Waals surface area (Å²) in [5.74, 6) is 1.18. The van der Waals surface area contributed by atoms with E-state index in [1.807, 2.05) is 35.7 Å². The largest absolute Gasteiger partial charge is 0.454 e. The van der Waals surface area contributed by atoms with Gasteiger partial charge >= 0.3 is 0 Å². The summed E-state index contributed by atoms with van der Waals surface area (Å²) in [5.41, 5.74) is 0.272. The van der Waals surface area contributed by atoms with E-state index >= 15 is 0 Å². The smallest absolute Gasteiger partial charge is 0.245 e. The summed E-state index contributed by atoms with van der Waals surface area (Å²) in [4.78, 5) is 29.3. The van der Waals surface area contributed by atoms with Crippen molar-refractivity contribution in [3.05, 3.63) is 46.2 Å². The second kappa shape index (κ2) is 8.51. The molecule has 1 spiro atoms. The Balaban J connectivity index is 1.31. The van der Waals surface area contributed by atoms with Crippen LogP contribution in [0, 0.1) is 0 Å². The quantitative estimate of drug-likeness (QED) is 0.769. The lowest BCUT2D eigenvalue weighted by Crippen LogP contribution is -2.56. The number of benzene rings is 1. The molecule has 2 fully saturated rings. The van der Waals surface area contributed by atoms with Crippen LogP contribution in [0.3, 0.4) is 0 Å². The SMILES string of the molecule is O=C(NCc1ccc2c(c1)OCO2)C1COC2(CCCCC2)N1C(=O)Cc1cccs1. The first-order chi connectivity index (χ1) is 15.1. The Hall–Kier alpha value is -2.58. The van der Waals surface area contributed by atoms with Crippen molar-refractivity contribution in [3.63, 3.8) is 0 Å². The van der Waals surface area contributed by atoms with Crippen LogP contribution in [0.2, 0.25) is 0 Å². The molecule has 164 valence electrons. The molecule has 1 unspecified atom stereocenters. The fraction of sp³-hybridized carbons (Fsp3) is 0.478. The van der Waals surface area contributed by atoms with Crippen molar-refractivity contribution in [2.45, 2.75) is 56.8 Å².